The van der Waals surface area contributed by atoms with Gasteiger partial charge in [0.2, 0.25) is 10.0 Å². The van der Waals surface area contributed by atoms with E-state index < -0.39 is 16.1 Å². The first-order valence-electron chi connectivity index (χ1n) is 10.8. The lowest BCUT2D eigenvalue weighted by Crippen LogP contribution is -2.27. The first-order chi connectivity index (χ1) is 17.2. The van der Waals surface area contributed by atoms with E-state index >= 15 is 0 Å². The number of rotatable bonds is 9. The Morgan fingerprint density at radius 2 is 1.89 bits per heavy atom. The van der Waals surface area contributed by atoms with Crippen molar-refractivity contribution in [1.82, 2.24) is 19.3 Å². The fraction of sp³-hybridized carbons (Fsp3) is 0.208. The van der Waals surface area contributed by atoms with Gasteiger partial charge in [0.1, 0.15) is 17.4 Å². The molecule has 2 N–H and O–H groups in total. The Kier molecular flexibility index (Phi) is 8.06. The van der Waals surface area contributed by atoms with Crippen LogP contribution in [0, 0.1) is 0 Å². The Morgan fingerprint density at radius 3 is 2.58 bits per heavy atom. The lowest BCUT2D eigenvalue weighted by molar-refractivity contribution is 0.273. The summed E-state index contributed by atoms with van der Waals surface area (Å²) in [5.74, 6) is 1.44. The SMILES string of the molecule is COc1cc(Cl)ccc1C(CO)Nc1ccc2cc(S(=O)(=O)N(C)Cc3ncc(Br)cn3)ccc2n1. The molecule has 4 rings (SSSR count). The van der Waals surface area contributed by atoms with Crippen molar-refractivity contribution in [3.05, 3.63) is 81.8 Å². The molecule has 0 saturated carbocycles. The zero-order valence-electron chi connectivity index (χ0n) is 19.4. The smallest absolute Gasteiger partial charge is 0.243 e. The van der Waals surface area contributed by atoms with Crippen LogP contribution in [0.4, 0.5) is 5.82 Å². The lowest BCUT2D eigenvalue weighted by atomic mass is 10.1. The van der Waals surface area contributed by atoms with Gasteiger partial charge in [-0.2, -0.15) is 4.31 Å². The quantitative estimate of drug-likeness (QED) is 0.293. The molecule has 2 aromatic carbocycles. The summed E-state index contributed by atoms with van der Waals surface area (Å²) in [5.41, 5.74) is 1.32. The number of nitrogens with one attached hydrogen (secondary N) is 1. The standard InChI is InChI=1S/C24H23BrClN5O4S/c1-31(13-24-27-11-16(25)12-28-24)36(33,34)18-5-7-20-15(9-18)3-8-23(29-20)30-21(14-32)19-6-4-17(26)10-22(19)35-2/h3-12,21,32H,13-14H2,1-2H3,(H,29,30). The van der Waals surface area contributed by atoms with E-state index in [4.69, 9.17) is 16.3 Å². The Morgan fingerprint density at radius 1 is 1.14 bits per heavy atom. The number of benzene rings is 2. The summed E-state index contributed by atoms with van der Waals surface area (Å²) < 4.78 is 33.5. The monoisotopic (exact) mass is 591 g/mol. The highest BCUT2D eigenvalue weighted by Crippen LogP contribution is 2.31. The highest BCUT2D eigenvalue weighted by atomic mass is 79.9. The number of sulfonamides is 1. The van der Waals surface area contributed by atoms with Crippen LogP contribution in [0.3, 0.4) is 0 Å². The molecular formula is C24H23BrClN5O4S. The van der Waals surface area contributed by atoms with Gasteiger partial charge in [-0.1, -0.05) is 17.7 Å². The number of hydrogen-bond donors (Lipinski definition) is 2. The molecule has 2 heterocycles. The van der Waals surface area contributed by atoms with Crippen LogP contribution in [-0.2, 0) is 16.6 Å². The van der Waals surface area contributed by atoms with Gasteiger partial charge in [-0.15, -0.1) is 0 Å². The van der Waals surface area contributed by atoms with Crippen molar-refractivity contribution in [3.63, 3.8) is 0 Å². The Labute approximate surface area is 222 Å². The number of pyridine rings is 1. The van der Waals surface area contributed by atoms with Crippen molar-refractivity contribution < 1.29 is 18.3 Å². The number of methoxy groups -OCH3 is 1. The summed E-state index contributed by atoms with van der Waals surface area (Å²) in [7, 11) is -0.762. The predicted molar refractivity (Wildman–Crippen MR) is 142 cm³/mol. The molecule has 9 nitrogen and oxygen atoms in total. The number of hydrogen-bond acceptors (Lipinski definition) is 8. The fourth-order valence-electron chi connectivity index (χ4n) is 3.60. The van der Waals surface area contributed by atoms with Crippen LogP contribution in [0.1, 0.15) is 17.4 Å². The van der Waals surface area contributed by atoms with Gasteiger partial charge < -0.3 is 15.2 Å². The largest absolute Gasteiger partial charge is 0.496 e. The van der Waals surface area contributed by atoms with Crippen molar-refractivity contribution in [2.24, 2.45) is 0 Å². The van der Waals surface area contributed by atoms with Crippen LogP contribution < -0.4 is 10.1 Å². The number of anilines is 1. The van der Waals surface area contributed by atoms with Crippen LogP contribution in [0.2, 0.25) is 5.02 Å². The van der Waals surface area contributed by atoms with E-state index in [2.05, 4.69) is 36.2 Å². The molecule has 0 aliphatic rings. The van der Waals surface area contributed by atoms with Gasteiger partial charge in [0.15, 0.2) is 0 Å². The van der Waals surface area contributed by atoms with Crippen LogP contribution in [0.5, 0.6) is 5.75 Å². The second-order valence-corrected chi connectivity index (χ2v) is 11.3. The summed E-state index contributed by atoms with van der Waals surface area (Å²) in [4.78, 5) is 13.0. The molecule has 1 unspecified atom stereocenters. The zero-order chi connectivity index (χ0) is 25.9. The first-order valence-corrected chi connectivity index (χ1v) is 13.4. The van der Waals surface area contributed by atoms with Gasteiger partial charge in [-0.25, -0.2) is 23.4 Å². The van der Waals surface area contributed by atoms with E-state index in [-0.39, 0.29) is 18.0 Å². The van der Waals surface area contributed by atoms with Gasteiger partial charge in [-0.3, -0.25) is 0 Å². The topological polar surface area (TPSA) is 118 Å². The van der Waals surface area contributed by atoms with Crippen LogP contribution in [0.25, 0.3) is 10.9 Å². The molecule has 0 spiro atoms. The van der Waals surface area contributed by atoms with Crippen molar-refractivity contribution in [2.75, 3.05) is 26.1 Å². The van der Waals surface area contributed by atoms with E-state index in [1.54, 1.807) is 54.9 Å². The molecule has 2 aromatic heterocycles. The van der Waals surface area contributed by atoms with E-state index in [0.717, 1.165) is 5.56 Å². The normalized spacial score (nSPS) is 12.6. The number of aliphatic hydroxyl groups excluding tert-OH is 1. The molecule has 4 aromatic rings. The lowest BCUT2D eigenvalue weighted by Gasteiger charge is -2.20. The fourth-order valence-corrected chi connectivity index (χ4v) is 5.13. The summed E-state index contributed by atoms with van der Waals surface area (Å²) in [6, 6.07) is 12.9. The van der Waals surface area contributed by atoms with Crippen LogP contribution >= 0.6 is 27.5 Å². The number of nitrogens with zero attached hydrogens (tertiary/aromatic N) is 4. The molecule has 0 aliphatic heterocycles. The molecule has 12 heteroatoms. The molecule has 1 atom stereocenters. The third-order valence-electron chi connectivity index (χ3n) is 5.48. The summed E-state index contributed by atoms with van der Waals surface area (Å²) >= 11 is 9.31. The molecule has 0 fully saturated rings. The van der Waals surface area contributed by atoms with E-state index in [1.165, 1.54) is 24.5 Å². The number of halogens is 2. The molecule has 188 valence electrons. The number of aliphatic hydroxyl groups is 1. The van der Waals surface area contributed by atoms with Crippen molar-refractivity contribution in [1.29, 1.82) is 0 Å². The number of aromatic nitrogens is 3. The van der Waals surface area contributed by atoms with E-state index in [0.29, 0.717) is 37.8 Å². The minimum atomic E-state index is -3.78. The average molecular weight is 593 g/mol. The molecular weight excluding hydrogens is 570 g/mol. The molecule has 0 radical (unpaired) electrons. The highest BCUT2D eigenvalue weighted by Gasteiger charge is 2.23. The molecule has 0 amide bonds. The predicted octanol–water partition coefficient (Wildman–Crippen LogP) is 4.42. The van der Waals surface area contributed by atoms with E-state index in [1.807, 2.05) is 0 Å². The minimum Gasteiger partial charge on any atom is -0.496 e. The first kappa shape index (κ1) is 26.2. The molecule has 0 saturated heterocycles. The van der Waals surface area contributed by atoms with Crippen LogP contribution in [-0.4, -0.2) is 53.5 Å². The average Bonchev–Trinajstić information content (AvgIpc) is 2.88. The van der Waals surface area contributed by atoms with Gasteiger partial charge in [0, 0.05) is 35.4 Å². The Balaban J connectivity index is 1.56. The Bertz CT molecular complexity index is 1490. The molecule has 0 bridgehead atoms. The maximum Gasteiger partial charge on any atom is 0.243 e. The van der Waals surface area contributed by atoms with Gasteiger partial charge in [0.25, 0.3) is 0 Å². The Hall–Kier alpha value is -2.83. The minimum absolute atomic E-state index is 0.0332. The molecule has 0 aliphatic carbocycles. The van der Waals surface area contributed by atoms with Gasteiger partial charge in [0.05, 0.1) is 41.2 Å². The second-order valence-electron chi connectivity index (χ2n) is 7.90. The summed E-state index contributed by atoms with van der Waals surface area (Å²) in [6.45, 7) is -0.172. The number of ether oxygens (including phenoxy) is 1. The van der Waals surface area contributed by atoms with Crippen molar-refractivity contribution in [3.8, 4) is 5.75 Å². The summed E-state index contributed by atoms with van der Waals surface area (Å²) in [6.07, 6.45) is 3.14. The molecule has 36 heavy (non-hydrogen) atoms. The third kappa shape index (κ3) is 5.76. The van der Waals surface area contributed by atoms with Gasteiger partial charge in [-0.05, 0) is 58.4 Å². The van der Waals surface area contributed by atoms with Gasteiger partial charge >= 0.3 is 0 Å². The van der Waals surface area contributed by atoms with E-state index in [9.17, 15) is 13.5 Å². The maximum atomic E-state index is 13.1. The third-order valence-corrected chi connectivity index (χ3v) is 7.93. The van der Waals surface area contributed by atoms with Crippen molar-refractivity contribution >= 4 is 54.3 Å². The second kappa shape index (κ2) is 11.1. The summed E-state index contributed by atoms with van der Waals surface area (Å²) in [5, 5.41) is 14.4. The van der Waals surface area contributed by atoms with Crippen molar-refractivity contribution in [2.45, 2.75) is 17.5 Å². The van der Waals surface area contributed by atoms with Crippen LogP contribution in [0.15, 0.2) is 70.3 Å². The number of fused-ring (bicyclic) bond motifs is 1. The maximum absolute atomic E-state index is 13.1. The highest BCUT2D eigenvalue weighted by molar-refractivity contribution is 9.10. The zero-order valence-corrected chi connectivity index (χ0v) is 22.5.